The molecule has 0 saturated carbocycles. The fraction of sp³-hybridized carbons (Fsp3) is 0.333. The van der Waals surface area contributed by atoms with E-state index >= 15 is 0 Å². The first kappa shape index (κ1) is 19.9. The van der Waals surface area contributed by atoms with Crippen LogP contribution in [0.5, 0.6) is 0 Å². The molecule has 156 valence electrons. The first-order valence-corrected chi connectivity index (χ1v) is 9.89. The van der Waals surface area contributed by atoms with Crippen LogP contribution in [0.4, 0.5) is 20.4 Å². The lowest BCUT2D eigenvalue weighted by atomic mass is 10.0. The van der Waals surface area contributed by atoms with Gasteiger partial charge in [0, 0.05) is 25.2 Å². The van der Waals surface area contributed by atoms with E-state index in [-0.39, 0.29) is 29.8 Å². The van der Waals surface area contributed by atoms with Gasteiger partial charge in [-0.3, -0.25) is 4.79 Å². The van der Waals surface area contributed by atoms with Crippen LogP contribution in [0.25, 0.3) is 0 Å². The molecule has 0 radical (unpaired) electrons. The second-order valence-corrected chi connectivity index (χ2v) is 7.26. The van der Waals surface area contributed by atoms with Crippen molar-refractivity contribution in [2.24, 2.45) is 0 Å². The first-order chi connectivity index (χ1) is 14.6. The second kappa shape index (κ2) is 8.98. The van der Waals surface area contributed by atoms with Crippen molar-refractivity contribution in [1.29, 1.82) is 0 Å². The van der Waals surface area contributed by atoms with Crippen LogP contribution in [-0.4, -0.2) is 38.9 Å². The molecule has 0 spiro atoms. The predicted molar refractivity (Wildman–Crippen MR) is 109 cm³/mol. The average molecular weight is 412 g/mol. The van der Waals surface area contributed by atoms with Crippen LogP contribution in [0.2, 0.25) is 0 Å². The quantitative estimate of drug-likeness (QED) is 0.671. The topological polar surface area (TPSA) is 75.9 Å². The highest BCUT2D eigenvalue weighted by atomic mass is 19.1. The number of halogens is 2. The molecule has 30 heavy (non-hydrogen) atoms. The van der Waals surface area contributed by atoms with Crippen molar-refractivity contribution in [2.75, 3.05) is 23.3 Å². The van der Waals surface area contributed by atoms with Gasteiger partial charge in [0.15, 0.2) is 11.6 Å². The smallest absolute Gasteiger partial charge is 0.267 e. The van der Waals surface area contributed by atoms with Crippen LogP contribution < -0.4 is 15.8 Å². The maximum absolute atomic E-state index is 13.8. The molecule has 0 aliphatic carbocycles. The van der Waals surface area contributed by atoms with Crippen molar-refractivity contribution in [2.45, 2.75) is 31.8 Å². The third-order valence-electron chi connectivity index (χ3n) is 5.17. The van der Waals surface area contributed by atoms with Crippen molar-refractivity contribution in [1.82, 2.24) is 19.7 Å². The molecule has 1 aliphatic rings. The normalized spacial score (nSPS) is 16.5. The van der Waals surface area contributed by atoms with Gasteiger partial charge in [-0.15, -0.1) is 0 Å². The number of aromatic nitrogens is 4. The Hall–Kier alpha value is -3.36. The minimum Gasteiger partial charge on any atom is -0.365 e. The Kier molecular flexibility index (Phi) is 5.97. The molecule has 9 heteroatoms. The van der Waals surface area contributed by atoms with Crippen molar-refractivity contribution in [3.05, 3.63) is 76.5 Å². The second-order valence-electron chi connectivity index (χ2n) is 7.26. The van der Waals surface area contributed by atoms with E-state index in [1.807, 2.05) is 0 Å². The molecule has 1 unspecified atom stereocenters. The number of benzene rings is 1. The molecule has 2 aromatic heterocycles. The fourth-order valence-electron chi connectivity index (χ4n) is 3.68. The minimum absolute atomic E-state index is 0.0701. The van der Waals surface area contributed by atoms with Gasteiger partial charge < -0.3 is 10.2 Å². The van der Waals surface area contributed by atoms with Crippen LogP contribution >= 0.6 is 0 Å². The van der Waals surface area contributed by atoms with Crippen molar-refractivity contribution in [3.8, 4) is 0 Å². The monoisotopic (exact) mass is 412 g/mol. The molecule has 1 aliphatic heterocycles. The number of anilines is 2. The molecule has 3 heterocycles. The van der Waals surface area contributed by atoms with Crippen molar-refractivity contribution >= 4 is 11.6 Å². The first-order valence-electron chi connectivity index (χ1n) is 9.89. The van der Waals surface area contributed by atoms with Crippen LogP contribution in [0, 0.1) is 11.6 Å². The predicted octanol–water partition coefficient (Wildman–Crippen LogP) is 2.83. The third-order valence-corrected chi connectivity index (χ3v) is 5.17. The van der Waals surface area contributed by atoms with Gasteiger partial charge in [-0.05, 0) is 43.0 Å². The van der Waals surface area contributed by atoms with E-state index in [9.17, 15) is 13.6 Å². The van der Waals surface area contributed by atoms with Crippen LogP contribution in [0.15, 0.2) is 53.7 Å². The number of nitrogens with zero attached hydrogens (tertiary/aromatic N) is 5. The minimum atomic E-state index is -0.498. The van der Waals surface area contributed by atoms with Gasteiger partial charge in [0.1, 0.15) is 18.0 Å². The summed E-state index contributed by atoms with van der Waals surface area (Å²) >= 11 is 0. The Morgan fingerprint density at radius 3 is 2.90 bits per heavy atom. The number of hydrogen-bond donors (Lipinski definition) is 1. The Bertz CT molecular complexity index is 1070. The van der Waals surface area contributed by atoms with E-state index in [1.165, 1.54) is 29.2 Å². The van der Waals surface area contributed by atoms with E-state index in [0.717, 1.165) is 32.0 Å². The Morgan fingerprint density at radius 1 is 1.17 bits per heavy atom. The summed E-state index contributed by atoms with van der Waals surface area (Å²) in [6.07, 6.45) is 5.39. The maximum atomic E-state index is 13.8. The van der Waals surface area contributed by atoms with Gasteiger partial charge in [0.2, 0.25) is 0 Å². The summed E-state index contributed by atoms with van der Waals surface area (Å²) in [6.45, 7) is 1.45. The number of nitrogens with one attached hydrogen (secondary N) is 1. The number of rotatable bonds is 6. The Labute approximate surface area is 172 Å². The average Bonchev–Trinajstić information content (AvgIpc) is 2.75. The molecule has 1 fully saturated rings. The van der Waals surface area contributed by atoms with E-state index in [4.69, 9.17) is 0 Å². The summed E-state index contributed by atoms with van der Waals surface area (Å²) in [6, 6.07) is 9.37. The summed E-state index contributed by atoms with van der Waals surface area (Å²) in [4.78, 5) is 22.0. The van der Waals surface area contributed by atoms with E-state index in [1.54, 1.807) is 18.2 Å². The number of hydrogen-bond acceptors (Lipinski definition) is 6. The molecule has 1 saturated heterocycles. The zero-order chi connectivity index (χ0) is 20.9. The molecular weight excluding hydrogens is 390 g/mol. The molecular formula is C21H22F2N6O. The molecule has 1 aromatic carbocycles. The Balaban J connectivity index is 1.53. The lowest BCUT2D eigenvalue weighted by Crippen LogP contribution is -2.45. The highest BCUT2D eigenvalue weighted by Crippen LogP contribution is 2.23. The molecule has 4 rings (SSSR count). The summed E-state index contributed by atoms with van der Waals surface area (Å²) in [7, 11) is 0. The summed E-state index contributed by atoms with van der Waals surface area (Å²) in [5.41, 5.74) is 0.413. The summed E-state index contributed by atoms with van der Waals surface area (Å²) in [5, 5.41) is 7.57. The van der Waals surface area contributed by atoms with Crippen molar-refractivity contribution < 1.29 is 8.78 Å². The van der Waals surface area contributed by atoms with Crippen LogP contribution in [0.3, 0.4) is 0 Å². The molecule has 1 N–H and O–H groups in total. The molecule has 7 nitrogen and oxygen atoms in total. The highest BCUT2D eigenvalue weighted by Gasteiger charge is 2.24. The fourth-order valence-corrected chi connectivity index (χ4v) is 3.68. The Morgan fingerprint density at radius 2 is 2.07 bits per heavy atom. The van der Waals surface area contributed by atoms with Gasteiger partial charge in [-0.1, -0.05) is 12.1 Å². The van der Waals surface area contributed by atoms with E-state index in [0.29, 0.717) is 17.9 Å². The molecule has 1 atom stereocenters. The summed E-state index contributed by atoms with van der Waals surface area (Å²) in [5.74, 6) is -0.0160. The number of piperidine rings is 1. The standard InChI is InChI=1S/C21H22F2N6O/c22-16-5-3-4-15(10-16)13-29-20(30)8-7-19(27-29)28-9-2-1-6-17(28)11-25-21-18(23)12-24-14-26-21/h3-5,7-8,10,12,14,17H,1-2,6,9,11,13H2,(H,24,25,26). The van der Waals surface area contributed by atoms with Gasteiger partial charge in [0.05, 0.1) is 12.7 Å². The largest absolute Gasteiger partial charge is 0.365 e. The SMILES string of the molecule is O=c1ccc(N2CCCCC2CNc2ncncc2F)nn1Cc1cccc(F)c1. The van der Waals surface area contributed by atoms with E-state index < -0.39 is 5.82 Å². The molecule has 3 aromatic rings. The molecule has 0 bridgehead atoms. The van der Waals surface area contributed by atoms with Gasteiger partial charge >= 0.3 is 0 Å². The van der Waals surface area contributed by atoms with Crippen molar-refractivity contribution in [3.63, 3.8) is 0 Å². The lowest BCUT2D eigenvalue weighted by molar-refractivity contribution is 0.462. The van der Waals surface area contributed by atoms with Gasteiger partial charge in [-0.2, -0.15) is 5.10 Å². The zero-order valence-electron chi connectivity index (χ0n) is 16.3. The third kappa shape index (κ3) is 4.61. The van der Waals surface area contributed by atoms with Gasteiger partial charge in [-0.25, -0.2) is 23.4 Å². The van der Waals surface area contributed by atoms with Gasteiger partial charge in [0.25, 0.3) is 5.56 Å². The van der Waals surface area contributed by atoms with Crippen LogP contribution in [-0.2, 0) is 6.54 Å². The highest BCUT2D eigenvalue weighted by molar-refractivity contribution is 5.41. The maximum Gasteiger partial charge on any atom is 0.267 e. The molecule has 0 amide bonds. The summed E-state index contributed by atoms with van der Waals surface area (Å²) < 4.78 is 28.6. The van der Waals surface area contributed by atoms with Crippen LogP contribution in [0.1, 0.15) is 24.8 Å². The lowest BCUT2D eigenvalue weighted by Gasteiger charge is -2.36. The van der Waals surface area contributed by atoms with E-state index in [2.05, 4.69) is 25.3 Å². The zero-order valence-corrected chi connectivity index (χ0v) is 16.3.